The van der Waals surface area contributed by atoms with Gasteiger partial charge in [0, 0.05) is 37.9 Å². The van der Waals surface area contributed by atoms with Gasteiger partial charge in [-0.1, -0.05) is 0 Å². The molecular formula is C20H19FN6O. The van der Waals surface area contributed by atoms with Crippen molar-refractivity contribution in [2.75, 3.05) is 25.1 Å². The highest BCUT2D eigenvalue weighted by Crippen LogP contribution is 2.36. The predicted octanol–water partition coefficient (Wildman–Crippen LogP) is 2.21. The van der Waals surface area contributed by atoms with Gasteiger partial charge < -0.3 is 9.64 Å². The number of aromatic nitrogens is 3. The van der Waals surface area contributed by atoms with Crippen LogP contribution in [0.5, 0.6) is 5.88 Å². The first kappa shape index (κ1) is 17.0. The molecule has 2 atom stereocenters. The number of fused-ring (bicyclic) bond motifs is 3. The average Bonchev–Trinajstić information content (AvgIpc) is 3.14. The molecule has 3 aromatic rings. The standard InChI is InChI=1S/C20H19FN6O/c1-28-20-18(21)4-13(7-23-20)9-26-16-5-17(26)11-25(10-16)15-2-3-19-14(6-22)8-24-27(19)12-15/h2-4,7-8,12,16-17H,5,9-11H2,1H3. The van der Waals surface area contributed by atoms with E-state index in [0.717, 1.165) is 36.3 Å². The number of pyridine rings is 2. The van der Waals surface area contributed by atoms with Gasteiger partial charge in [0.2, 0.25) is 5.88 Å². The lowest BCUT2D eigenvalue weighted by Crippen LogP contribution is -2.68. The van der Waals surface area contributed by atoms with Gasteiger partial charge in [0.25, 0.3) is 0 Å². The Bertz CT molecular complexity index is 1080. The van der Waals surface area contributed by atoms with Crippen molar-refractivity contribution in [1.82, 2.24) is 19.5 Å². The molecule has 0 radical (unpaired) electrons. The Morgan fingerprint density at radius 3 is 2.82 bits per heavy atom. The SMILES string of the molecule is COc1ncc(CN2C3CC2CN(c2ccc4c(C#N)cnn4c2)C3)cc1F. The van der Waals surface area contributed by atoms with E-state index in [2.05, 4.69) is 32.0 Å². The predicted molar refractivity (Wildman–Crippen MR) is 101 cm³/mol. The molecule has 28 heavy (non-hydrogen) atoms. The fourth-order valence-electron chi connectivity index (χ4n) is 4.32. The van der Waals surface area contributed by atoms with E-state index in [-0.39, 0.29) is 5.88 Å². The number of hydrogen-bond acceptors (Lipinski definition) is 6. The molecule has 0 amide bonds. The third-order valence-electron chi connectivity index (χ3n) is 5.75. The molecular weight excluding hydrogens is 359 g/mol. The largest absolute Gasteiger partial charge is 0.479 e. The molecule has 3 fully saturated rings. The van der Waals surface area contributed by atoms with Crippen LogP contribution in [0.2, 0.25) is 0 Å². The Kier molecular flexibility index (Phi) is 3.91. The highest BCUT2D eigenvalue weighted by atomic mass is 19.1. The fourth-order valence-corrected chi connectivity index (χ4v) is 4.32. The molecule has 3 saturated heterocycles. The molecule has 0 saturated carbocycles. The molecule has 3 aliphatic heterocycles. The molecule has 6 heterocycles. The van der Waals surface area contributed by atoms with E-state index in [1.165, 1.54) is 13.2 Å². The maximum Gasteiger partial charge on any atom is 0.250 e. The molecule has 3 aliphatic rings. The lowest BCUT2D eigenvalue weighted by Gasteiger charge is -2.57. The van der Waals surface area contributed by atoms with Gasteiger partial charge >= 0.3 is 0 Å². The maximum absolute atomic E-state index is 13.9. The van der Waals surface area contributed by atoms with Gasteiger partial charge in [-0.05, 0) is 30.2 Å². The van der Waals surface area contributed by atoms with Crippen LogP contribution < -0.4 is 9.64 Å². The van der Waals surface area contributed by atoms with Gasteiger partial charge in [0.05, 0.1) is 36.3 Å². The lowest BCUT2D eigenvalue weighted by molar-refractivity contribution is -0.00861. The van der Waals surface area contributed by atoms with Crippen molar-refractivity contribution in [3.05, 3.63) is 53.7 Å². The van der Waals surface area contributed by atoms with Gasteiger partial charge in [0.1, 0.15) is 6.07 Å². The molecule has 8 heteroatoms. The molecule has 0 aromatic carbocycles. The molecule has 0 N–H and O–H groups in total. The first-order valence-corrected chi connectivity index (χ1v) is 9.23. The second-order valence-corrected chi connectivity index (χ2v) is 7.34. The monoisotopic (exact) mass is 378 g/mol. The third-order valence-corrected chi connectivity index (χ3v) is 5.75. The first-order valence-electron chi connectivity index (χ1n) is 9.23. The van der Waals surface area contributed by atoms with Crippen LogP contribution in [-0.4, -0.2) is 51.8 Å². The van der Waals surface area contributed by atoms with Crippen LogP contribution >= 0.6 is 0 Å². The van der Waals surface area contributed by atoms with E-state index in [1.54, 1.807) is 16.9 Å². The summed E-state index contributed by atoms with van der Waals surface area (Å²) < 4.78 is 20.6. The van der Waals surface area contributed by atoms with Gasteiger partial charge in [-0.2, -0.15) is 10.4 Å². The van der Waals surface area contributed by atoms with E-state index >= 15 is 0 Å². The normalized spacial score (nSPS) is 21.4. The van der Waals surface area contributed by atoms with Crippen molar-refractivity contribution in [3.8, 4) is 11.9 Å². The van der Waals surface area contributed by atoms with Crippen LogP contribution in [0, 0.1) is 17.1 Å². The number of hydrogen-bond donors (Lipinski definition) is 0. The summed E-state index contributed by atoms with van der Waals surface area (Å²) in [5.74, 6) is -0.385. The summed E-state index contributed by atoms with van der Waals surface area (Å²) in [7, 11) is 1.42. The Hall–Kier alpha value is -3.18. The number of nitriles is 1. The van der Waals surface area contributed by atoms with Gasteiger partial charge in [-0.25, -0.2) is 13.9 Å². The summed E-state index contributed by atoms with van der Waals surface area (Å²) in [6.07, 6.45) is 6.42. The zero-order valence-electron chi connectivity index (χ0n) is 15.4. The van der Waals surface area contributed by atoms with Crippen molar-refractivity contribution in [2.45, 2.75) is 25.0 Å². The molecule has 0 spiro atoms. The fraction of sp³-hybridized carbons (Fsp3) is 0.350. The van der Waals surface area contributed by atoms with Crippen molar-refractivity contribution in [1.29, 1.82) is 5.26 Å². The van der Waals surface area contributed by atoms with Crippen LogP contribution in [0.25, 0.3) is 5.52 Å². The van der Waals surface area contributed by atoms with Gasteiger partial charge in [-0.3, -0.25) is 4.90 Å². The summed E-state index contributed by atoms with van der Waals surface area (Å²) >= 11 is 0. The number of rotatable bonds is 4. The maximum atomic E-state index is 13.9. The Labute approximate surface area is 161 Å². The quantitative estimate of drug-likeness (QED) is 0.693. The van der Waals surface area contributed by atoms with Crippen LogP contribution in [0.15, 0.2) is 36.8 Å². The molecule has 3 aromatic heterocycles. The summed E-state index contributed by atoms with van der Waals surface area (Å²) in [4.78, 5) is 8.81. The molecule has 2 bridgehead atoms. The smallest absolute Gasteiger partial charge is 0.250 e. The van der Waals surface area contributed by atoms with E-state index in [0.29, 0.717) is 24.2 Å². The Balaban J connectivity index is 1.29. The number of ether oxygens (including phenoxy) is 1. The minimum Gasteiger partial charge on any atom is -0.479 e. The van der Waals surface area contributed by atoms with Crippen LogP contribution in [0.1, 0.15) is 17.5 Å². The molecule has 142 valence electrons. The zero-order valence-corrected chi connectivity index (χ0v) is 15.4. The van der Waals surface area contributed by atoms with Crippen LogP contribution in [-0.2, 0) is 6.54 Å². The van der Waals surface area contributed by atoms with Crippen LogP contribution in [0.4, 0.5) is 10.1 Å². The van der Waals surface area contributed by atoms with Crippen molar-refractivity contribution in [2.24, 2.45) is 0 Å². The third kappa shape index (κ3) is 2.67. The van der Waals surface area contributed by atoms with Crippen molar-refractivity contribution in [3.63, 3.8) is 0 Å². The summed E-state index contributed by atoms with van der Waals surface area (Å²) in [5, 5.41) is 13.4. The van der Waals surface area contributed by atoms with Crippen molar-refractivity contribution >= 4 is 11.2 Å². The highest BCUT2D eigenvalue weighted by Gasteiger charge is 2.44. The Morgan fingerprint density at radius 1 is 1.29 bits per heavy atom. The summed E-state index contributed by atoms with van der Waals surface area (Å²) in [6, 6.07) is 8.54. The molecule has 7 nitrogen and oxygen atoms in total. The second kappa shape index (κ2) is 6.46. The van der Waals surface area contributed by atoms with Crippen LogP contribution in [0.3, 0.4) is 0 Å². The Morgan fingerprint density at radius 2 is 2.11 bits per heavy atom. The summed E-state index contributed by atoms with van der Waals surface area (Å²) in [6.45, 7) is 2.53. The second-order valence-electron chi connectivity index (χ2n) is 7.34. The lowest BCUT2D eigenvalue weighted by atomic mass is 9.86. The number of anilines is 1. The number of nitrogens with zero attached hydrogens (tertiary/aromatic N) is 6. The molecule has 0 aliphatic carbocycles. The van der Waals surface area contributed by atoms with Gasteiger partial charge in [0.15, 0.2) is 5.82 Å². The topological polar surface area (TPSA) is 69.7 Å². The number of piperidine rings is 1. The van der Waals surface area contributed by atoms with E-state index in [9.17, 15) is 4.39 Å². The average molecular weight is 378 g/mol. The highest BCUT2D eigenvalue weighted by molar-refractivity contribution is 5.63. The minimum absolute atomic E-state index is 0.0345. The first-order chi connectivity index (χ1) is 13.7. The zero-order chi connectivity index (χ0) is 19.3. The van der Waals surface area contributed by atoms with E-state index in [1.807, 2.05) is 12.3 Å². The minimum atomic E-state index is -0.420. The van der Waals surface area contributed by atoms with Crippen molar-refractivity contribution < 1.29 is 9.13 Å². The van der Waals surface area contributed by atoms with E-state index < -0.39 is 5.82 Å². The number of methoxy groups -OCH3 is 1. The van der Waals surface area contributed by atoms with E-state index in [4.69, 9.17) is 10.00 Å². The van der Waals surface area contributed by atoms with Gasteiger partial charge in [-0.15, -0.1) is 0 Å². The number of piperazine rings is 1. The molecule has 2 unspecified atom stereocenters. The summed E-state index contributed by atoms with van der Waals surface area (Å²) in [5.41, 5.74) is 3.37. The number of halogens is 1. The molecule has 6 rings (SSSR count).